The fourth-order valence-corrected chi connectivity index (χ4v) is 1.63. The van der Waals surface area contributed by atoms with E-state index in [1.165, 1.54) is 18.2 Å². The molecule has 1 atom stereocenters. The van der Waals surface area contributed by atoms with Crippen LogP contribution in [0.4, 0.5) is 10.5 Å². The van der Waals surface area contributed by atoms with E-state index in [4.69, 9.17) is 21.4 Å². The molecule has 3 amide bonds. The maximum Gasteiger partial charge on any atom is 0.336 e. The average Bonchev–Trinajstić information content (AvgIpc) is 2.50. The molecular weight excluding hydrogens is 336 g/mol. The molecule has 0 heterocycles. The van der Waals surface area contributed by atoms with Crippen molar-refractivity contribution < 1.29 is 29.4 Å². The van der Waals surface area contributed by atoms with Gasteiger partial charge < -0.3 is 21.3 Å². The summed E-state index contributed by atoms with van der Waals surface area (Å²) in [6.07, 6.45) is -0.775. The maximum atomic E-state index is 11.9. The Balaban J connectivity index is 2.61. The van der Waals surface area contributed by atoms with Gasteiger partial charge in [0.1, 0.15) is 6.04 Å². The summed E-state index contributed by atoms with van der Waals surface area (Å²) in [5, 5.41) is 28.9. The Morgan fingerprint density at radius 3 is 2.44 bits per heavy atom. The average molecular weight is 352 g/mol. The fourth-order valence-electron chi connectivity index (χ4n) is 1.63. The van der Waals surface area contributed by atoms with Gasteiger partial charge in [0, 0.05) is 11.3 Å². The number of nitrogens with one attached hydrogen (secondary N) is 5. The molecule has 9 N–H and O–H groups in total. The van der Waals surface area contributed by atoms with Crippen molar-refractivity contribution in [1.82, 2.24) is 16.2 Å². The number of guanidine groups is 1. The third-order valence-corrected chi connectivity index (χ3v) is 2.67. The first-order valence-electron chi connectivity index (χ1n) is 6.71. The molecule has 1 aromatic carbocycles. The summed E-state index contributed by atoms with van der Waals surface area (Å²) in [5.41, 5.74) is 9.47. The highest BCUT2D eigenvalue weighted by molar-refractivity contribution is 6.05. The van der Waals surface area contributed by atoms with Crippen LogP contribution in [0.2, 0.25) is 0 Å². The molecule has 12 heteroatoms. The summed E-state index contributed by atoms with van der Waals surface area (Å²) < 4.78 is 0. The van der Waals surface area contributed by atoms with Crippen LogP contribution in [0.5, 0.6) is 0 Å². The van der Waals surface area contributed by atoms with E-state index in [2.05, 4.69) is 5.32 Å². The number of hydrazine groups is 1. The van der Waals surface area contributed by atoms with Crippen molar-refractivity contribution in [2.45, 2.75) is 12.5 Å². The number of benzene rings is 1. The van der Waals surface area contributed by atoms with Crippen molar-refractivity contribution in [3.05, 3.63) is 29.8 Å². The highest BCUT2D eigenvalue weighted by Crippen LogP contribution is 2.10. The monoisotopic (exact) mass is 352 g/mol. The molecule has 134 valence electrons. The summed E-state index contributed by atoms with van der Waals surface area (Å²) in [5.74, 6) is -4.01. The Morgan fingerprint density at radius 2 is 1.88 bits per heavy atom. The first kappa shape index (κ1) is 19.4. The number of rotatable bonds is 7. The van der Waals surface area contributed by atoms with E-state index in [-0.39, 0.29) is 11.5 Å². The van der Waals surface area contributed by atoms with Gasteiger partial charge in [-0.05, 0) is 18.2 Å². The molecule has 0 radical (unpaired) electrons. The van der Waals surface area contributed by atoms with Crippen LogP contribution in [0.25, 0.3) is 0 Å². The van der Waals surface area contributed by atoms with E-state index in [1.54, 1.807) is 6.07 Å². The Labute approximate surface area is 140 Å². The molecular formula is C13H16N6O6. The second kappa shape index (κ2) is 8.83. The van der Waals surface area contributed by atoms with Crippen molar-refractivity contribution in [1.29, 1.82) is 5.41 Å². The van der Waals surface area contributed by atoms with Gasteiger partial charge in [0.05, 0.1) is 6.42 Å². The summed E-state index contributed by atoms with van der Waals surface area (Å²) >= 11 is 0. The lowest BCUT2D eigenvalue weighted by Crippen LogP contribution is -2.53. The number of aliphatic carboxylic acids is 2. The predicted molar refractivity (Wildman–Crippen MR) is 84.8 cm³/mol. The largest absolute Gasteiger partial charge is 0.481 e. The summed E-state index contributed by atoms with van der Waals surface area (Å²) in [6.45, 7) is 0. The number of imide groups is 1. The Hall–Kier alpha value is -3.67. The first-order valence-corrected chi connectivity index (χ1v) is 6.71. The lowest BCUT2D eigenvalue weighted by Gasteiger charge is -2.13. The number of carbonyl (C=O) groups is 4. The molecule has 1 rings (SSSR count). The maximum absolute atomic E-state index is 11.9. The fraction of sp³-hybridized carbons (Fsp3) is 0.154. The normalized spacial score (nSPS) is 11.0. The van der Waals surface area contributed by atoms with Gasteiger partial charge in [-0.2, -0.15) is 0 Å². The zero-order valence-electron chi connectivity index (χ0n) is 12.7. The second-order valence-electron chi connectivity index (χ2n) is 4.66. The molecule has 0 saturated carbocycles. The van der Waals surface area contributed by atoms with Gasteiger partial charge in [0.2, 0.25) is 0 Å². The molecule has 0 unspecified atom stereocenters. The van der Waals surface area contributed by atoms with Gasteiger partial charge in [-0.15, -0.1) is 0 Å². The van der Waals surface area contributed by atoms with Gasteiger partial charge in [-0.1, -0.05) is 6.07 Å². The number of carbonyl (C=O) groups excluding carboxylic acids is 2. The van der Waals surface area contributed by atoms with Crippen molar-refractivity contribution >= 4 is 35.5 Å². The Bertz CT molecular complexity index is 706. The van der Waals surface area contributed by atoms with E-state index < -0.39 is 36.3 Å². The lowest BCUT2D eigenvalue weighted by molar-refractivity contribution is -0.146. The molecule has 1 aromatic rings. The number of carboxylic acid groups (broad SMARTS) is 2. The molecule has 0 fully saturated rings. The highest BCUT2D eigenvalue weighted by atomic mass is 16.4. The van der Waals surface area contributed by atoms with Crippen LogP contribution in [0.1, 0.15) is 16.8 Å². The van der Waals surface area contributed by atoms with E-state index in [0.717, 1.165) is 0 Å². The van der Waals surface area contributed by atoms with Crippen LogP contribution >= 0.6 is 0 Å². The molecule has 0 bridgehead atoms. The molecule has 25 heavy (non-hydrogen) atoms. The smallest absolute Gasteiger partial charge is 0.336 e. The SMILES string of the molecule is N=C(N)Nc1cccc(C(=O)NC(=O)NN[C@@H](CC(=O)O)C(=O)O)c1. The van der Waals surface area contributed by atoms with Crippen LogP contribution in [-0.2, 0) is 9.59 Å². The molecule has 0 aromatic heterocycles. The zero-order chi connectivity index (χ0) is 19.0. The molecule has 0 aliphatic carbocycles. The van der Waals surface area contributed by atoms with Gasteiger partial charge in [-0.3, -0.25) is 30.5 Å². The van der Waals surface area contributed by atoms with E-state index in [9.17, 15) is 19.2 Å². The zero-order valence-corrected chi connectivity index (χ0v) is 12.7. The van der Waals surface area contributed by atoms with Crippen molar-refractivity contribution in [3.63, 3.8) is 0 Å². The minimum Gasteiger partial charge on any atom is -0.481 e. The number of hydrogen-bond donors (Lipinski definition) is 8. The van der Waals surface area contributed by atoms with Crippen LogP contribution in [-0.4, -0.2) is 46.1 Å². The molecule has 0 aliphatic heterocycles. The predicted octanol–water partition coefficient (Wildman–Crippen LogP) is -1.14. The minimum absolute atomic E-state index is 0.0710. The third-order valence-electron chi connectivity index (χ3n) is 2.67. The number of amides is 3. The molecule has 0 aliphatic rings. The first-order chi connectivity index (χ1) is 11.7. The van der Waals surface area contributed by atoms with Gasteiger partial charge in [-0.25, -0.2) is 10.2 Å². The standard InChI is InChI=1S/C13H16N6O6/c14-12(15)16-7-3-1-2-6(4-7)10(22)17-13(25)19-18-8(11(23)24)5-9(20)21/h1-4,8,18H,5H2,(H,20,21)(H,23,24)(H4,14,15,16)(H2,17,19,22,25)/t8-/m0/s1. The van der Waals surface area contributed by atoms with Crippen LogP contribution in [0.15, 0.2) is 24.3 Å². The quantitative estimate of drug-likeness (QED) is 0.169. The second-order valence-corrected chi connectivity index (χ2v) is 4.66. The number of nitrogens with two attached hydrogens (primary N) is 1. The Kier molecular flexibility index (Phi) is 6.84. The minimum atomic E-state index is -1.57. The summed E-state index contributed by atoms with van der Waals surface area (Å²) in [4.78, 5) is 44.8. The van der Waals surface area contributed by atoms with Crippen LogP contribution in [0, 0.1) is 5.41 Å². The lowest BCUT2D eigenvalue weighted by atomic mass is 10.2. The van der Waals surface area contributed by atoms with Gasteiger partial charge in [0.15, 0.2) is 5.96 Å². The van der Waals surface area contributed by atoms with Gasteiger partial charge >= 0.3 is 18.0 Å². The van der Waals surface area contributed by atoms with Crippen molar-refractivity contribution in [2.75, 3.05) is 5.32 Å². The van der Waals surface area contributed by atoms with Gasteiger partial charge in [0.25, 0.3) is 5.91 Å². The van der Waals surface area contributed by atoms with E-state index in [1.807, 2.05) is 16.2 Å². The topological polar surface area (TPSA) is 207 Å². The van der Waals surface area contributed by atoms with Crippen LogP contribution in [0.3, 0.4) is 0 Å². The number of urea groups is 1. The van der Waals surface area contributed by atoms with Crippen LogP contribution < -0.4 is 27.2 Å². The molecule has 0 spiro atoms. The van der Waals surface area contributed by atoms with Crippen molar-refractivity contribution in [3.8, 4) is 0 Å². The summed E-state index contributed by atoms with van der Waals surface area (Å²) in [6, 6.07) is 3.12. The summed E-state index contributed by atoms with van der Waals surface area (Å²) in [7, 11) is 0. The molecule has 0 saturated heterocycles. The third kappa shape index (κ3) is 6.96. The highest BCUT2D eigenvalue weighted by Gasteiger charge is 2.21. The number of hydrogen-bond acceptors (Lipinski definition) is 6. The van der Waals surface area contributed by atoms with E-state index in [0.29, 0.717) is 5.69 Å². The Morgan fingerprint density at radius 1 is 1.20 bits per heavy atom. The number of carboxylic acids is 2. The van der Waals surface area contributed by atoms with Crippen molar-refractivity contribution in [2.24, 2.45) is 5.73 Å². The van der Waals surface area contributed by atoms with E-state index >= 15 is 0 Å². The number of anilines is 1. The molecule has 12 nitrogen and oxygen atoms in total.